The van der Waals surface area contributed by atoms with E-state index in [9.17, 15) is 4.79 Å². The highest BCUT2D eigenvalue weighted by atomic mass is 79.9. The van der Waals surface area contributed by atoms with E-state index in [2.05, 4.69) is 25.9 Å². The molecule has 0 aliphatic rings. The number of hydrogen-bond acceptors (Lipinski definition) is 4. The number of carbonyl (C=O) groups is 1. The average Bonchev–Trinajstić information content (AvgIpc) is 2.35. The molecule has 4 nitrogen and oxygen atoms in total. The Morgan fingerprint density at radius 3 is 2.67 bits per heavy atom. The van der Waals surface area contributed by atoms with Crippen LogP contribution >= 0.6 is 15.9 Å². The van der Waals surface area contributed by atoms with Crippen molar-refractivity contribution in [2.45, 2.75) is 12.8 Å². The van der Waals surface area contributed by atoms with E-state index in [-0.39, 0.29) is 5.78 Å². The second kappa shape index (κ2) is 5.73. The highest BCUT2D eigenvalue weighted by Crippen LogP contribution is 2.19. The summed E-state index contributed by atoms with van der Waals surface area (Å²) in [7, 11) is 0. The number of anilines is 1. The molecule has 92 valence electrons. The summed E-state index contributed by atoms with van der Waals surface area (Å²) < 4.78 is 0.919. The topological polar surface area (TPSA) is 68.9 Å². The van der Waals surface area contributed by atoms with Crippen LogP contribution in [0.3, 0.4) is 0 Å². The van der Waals surface area contributed by atoms with Gasteiger partial charge < -0.3 is 5.73 Å². The molecule has 0 saturated heterocycles. The van der Waals surface area contributed by atoms with Gasteiger partial charge in [0.15, 0.2) is 0 Å². The molecule has 2 aromatic rings. The molecule has 5 heteroatoms. The molecule has 1 aromatic carbocycles. The second-order valence-electron chi connectivity index (χ2n) is 3.98. The first-order valence-electron chi connectivity index (χ1n) is 5.44. The van der Waals surface area contributed by atoms with Gasteiger partial charge in [0.2, 0.25) is 0 Å². The van der Waals surface area contributed by atoms with Crippen LogP contribution in [0, 0.1) is 0 Å². The number of nitrogens with zero attached hydrogens (tertiary/aromatic N) is 2. The first kappa shape index (κ1) is 12.7. The second-order valence-corrected chi connectivity index (χ2v) is 4.90. The number of nitrogens with two attached hydrogens (primary N) is 1. The van der Waals surface area contributed by atoms with Crippen molar-refractivity contribution in [3.63, 3.8) is 0 Å². The highest BCUT2D eigenvalue weighted by Gasteiger charge is 2.08. The predicted molar refractivity (Wildman–Crippen MR) is 73.0 cm³/mol. The molecule has 1 heterocycles. The van der Waals surface area contributed by atoms with Crippen LogP contribution in [-0.4, -0.2) is 15.8 Å². The third-order valence-corrected chi connectivity index (χ3v) is 3.00. The number of ketones is 1. The van der Waals surface area contributed by atoms with Crippen molar-refractivity contribution < 1.29 is 4.79 Å². The van der Waals surface area contributed by atoms with Gasteiger partial charge in [-0.2, -0.15) is 0 Å². The zero-order valence-corrected chi connectivity index (χ0v) is 11.2. The Bertz CT molecular complexity index is 557. The van der Waals surface area contributed by atoms with Crippen LogP contribution in [-0.2, 0) is 17.6 Å². The summed E-state index contributed by atoms with van der Waals surface area (Å²) in [5.74, 6) is 0.0922. The van der Waals surface area contributed by atoms with Crippen LogP contribution < -0.4 is 5.73 Å². The van der Waals surface area contributed by atoms with E-state index < -0.39 is 0 Å². The first-order valence-corrected chi connectivity index (χ1v) is 6.24. The van der Waals surface area contributed by atoms with E-state index in [1.807, 2.05) is 12.1 Å². The van der Waals surface area contributed by atoms with Crippen molar-refractivity contribution in [2.75, 3.05) is 5.73 Å². The van der Waals surface area contributed by atoms with Gasteiger partial charge in [-0.15, -0.1) is 0 Å². The van der Waals surface area contributed by atoms with Crippen molar-refractivity contribution in [1.82, 2.24) is 9.97 Å². The molecule has 2 N–H and O–H groups in total. The van der Waals surface area contributed by atoms with Crippen LogP contribution in [0.5, 0.6) is 0 Å². The zero-order chi connectivity index (χ0) is 13.0. The summed E-state index contributed by atoms with van der Waals surface area (Å²) in [6, 6.07) is 5.52. The average molecular weight is 306 g/mol. The van der Waals surface area contributed by atoms with Crippen molar-refractivity contribution in [2.24, 2.45) is 0 Å². The van der Waals surface area contributed by atoms with Gasteiger partial charge in [0.25, 0.3) is 0 Å². The summed E-state index contributed by atoms with van der Waals surface area (Å²) in [6.07, 6.45) is 5.39. The Kier molecular flexibility index (Phi) is 4.04. The molecule has 0 amide bonds. The number of aromatic nitrogens is 2. The lowest BCUT2D eigenvalue weighted by Crippen LogP contribution is -2.08. The van der Waals surface area contributed by atoms with Crippen molar-refractivity contribution >= 4 is 27.4 Å². The minimum Gasteiger partial charge on any atom is -0.398 e. The number of Topliss-reactive ketones (excluding diaryl/α,β-unsaturated/α-hetero) is 1. The molecule has 0 saturated carbocycles. The van der Waals surface area contributed by atoms with Gasteiger partial charge in [0.05, 0.1) is 0 Å². The fourth-order valence-electron chi connectivity index (χ4n) is 1.65. The largest absolute Gasteiger partial charge is 0.398 e. The van der Waals surface area contributed by atoms with Crippen LogP contribution in [0.25, 0.3) is 0 Å². The molecular formula is C13H12BrN3O. The van der Waals surface area contributed by atoms with E-state index in [1.54, 1.807) is 18.5 Å². The van der Waals surface area contributed by atoms with Gasteiger partial charge in [-0.05, 0) is 29.3 Å². The number of nitrogen functional groups attached to an aromatic ring is 1. The summed E-state index contributed by atoms with van der Waals surface area (Å²) in [5, 5.41) is 0. The lowest BCUT2D eigenvalue weighted by molar-refractivity contribution is -0.117. The molecule has 1 aromatic heterocycles. The standard InChI is InChI=1S/C13H12BrN3O/c14-11-1-2-13(15)10(4-11)5-12(18)3-9-6-16-8-17-7-9/h1-2,4,6-8H,3,5,15H2. The van der Waals surface area contributed by atoms with Gasteiger partial charge in [0.1, 0.15) is 12.1 Å². The molecular weight excluding hydrogens is 294 g/mol. The minimum absolute atomic E-state index is 0.0922. The maximum Gasteiger partial charge on any atom is 0.141 e. The number of carbonyl (C=O) groups excluding carboxylic acids is 1. The summed E-state index contributed by atoms with van der Waals surface area (Å²) in [4.78, 5) is 19.7. The van der Waals surface area contributed by atoms with Crippen LogP contribution in [0.2, 0.25) is 0 Å². The molecule has 0 radical (unpaired) electrons. The molecule has 2 rings (SSSR count). The Morgan fingerprint density at radius 2 is 1.94 bits per heavy atom. The fraction of sp³-hybridized carbons (Fsp3) is 0.154. The monoisotopic (exact) mass is 305 g/mol. The van der Waals surface area contributed by atoms with Crippen LogP contribution in [0.1, 0.15) is 11.1 Å². The maximum absolute atomic E-state index is 11.9. The third kappa shape index (κ3) is 3.37. The molecule has 0 aliphatic carbocycles. The highest BCUT2D eigenvalue weighted by molar-refractivity contribution is 9.10. The number of rotatable bonds is 4. The Hall–Kier alpha value is -1.75. The van der Waals surface area contributed by atoms with Gasteiger partial charge in [-0.3, -0.25) is 4.79 Å². The Labute approximate surface area is 113 Å². The Balaban J connectivity index is 2.05. The van der Waals surface area contributed by atoms with Crippen molar-refractivity contribution in [3.05, 3.63) is 52.5 Å². The summed E-state index contributed by atoms with van der Waals surface area (Å²) >= 11 is 3.37. The molecule has 0 fully saturated rings. The van der Waals surface area contributed by atoms with Crippen LogP contribution in [0.15, 0.2) is 41.4 Å². The lowest BCUT2D eigenvalue weighted by Gasteiger charge is -2.05. The summed E-state index contributed by atoms with van der Waals surface area (Å²) in [5.41, 5.74) is 8.12. The fourth-order valence-corrected chi connectivity index (χ4v) is 2.06. The molecule has 0 atom stereocenters. The van der Waals surface area contributed by atoms with Crippen LogP contribution in [0.4, 0.5) is 5.69 Å². The van der Waals surface area contributed by atoms with E-state index in [1.165, 1.54) is 6.33 Å². The quantitative estimate of drug-likeness (QED) is 0.879. The normalized spacial score (nSPS) is 10.3. The van der Waals surface area contributed by atoms with Crippen molar-refractivity contribution in [3.8, 4) is 0 Å². The smallest absolute Gasteiger partial charge is 0.141 e. The molecule has 0 unspecified atom stereocenters. The van der Waals surface area contributed by atoms with E-state index in [4.69, 9.17) is 5.73 Å². The molecule has 0 bridgehead atoms. The minimum atomic E-state index is 0.0922. The number of halogens is 1. The van der Waals surface area contributed by atoms with Gasteiger partial charge in [0, 0.05) is 35.4 Å². The zero-order valence-electron chi connectivity index (χ0n) is 9.64. The summed E-state index contributed by atoms with van der Waals surface area (Å²) in [6.45, 7) is 0. The lowest BCUT2D eigenvalue weighted by atomic mass is 10.0. The van der Waals surface area contributed by atoms with Crippen molar-refractivity contribution in [1.29, 1.82) is 0 Å². The van der Waals surface area contributed by atoms with E-state index in [0.29, 0.717) is 18.5 Å². The van der Waals surface area contributed by atoms with Gasteiger partial charge in [-0.1, -0.05) is 15.9 Å². The number of hydrogen-bond donors (Lipinski definition) is 1. The van der Waals surface area contributed by atoms with Gasteiger partial charge in [-0.25, -0.2) is 9.97 Å². The predicted octanol–water partition coefficient (Wildman–Crippen LogP) is 2.18. The van der Waals surface area contributed by atoms with E-state index in [0.717, 1.165) is 15.6 Å². The number of benzene rings is 1. The SMILES string of the molecule is Nc1ccc(Br)cc1CC(=O)Cc1cncnc1. The van der Waals surface area contributed by atoms with E-state index >= 15 is 0 Å². The molecule has 0 spiro atoms. The first-order chi connectivity index (χ1) is 8.65. The molecule has 0 aliphatic heterocycles. The molecule has 18 heavy (non-hydrogen) atoms. The Morgan fingerprint density at radius 1 is 1.22 bits per heavy atom. The maximum atomic E-state index is 11.9. The van der Waals surface area contributed by atoms with Gasteiger partial charge >= 0.3 is 0 Å². The third-order valence-electron chi connectivity index (χ3n) is 2.51.